The first-order valence-electron chi connectivity index (χ1n) is 6.42. The first kappa shape index (κ1) is 15.1. The van der Waals surface area contributed by atoms with Crippen LogP contribution in [0.5, 0.6) is 0 Å². The fourth-order valence-corrected chi connectivity index (χ4v) is 2.09. The fraction of sp³-hybridized carbons (Fsp3) is 0.357. The minimum atomic E-state index is -2.75. The van der Waals surface area contributed by atoms with E-state index in [0.717, 1.165) is 4.57 Å². The molecule has 0 fully saturated rings. The Labute approximate surface area is 121 Å². The van der Waals surface area contributed by atoms with E-state index in [1.165, 1.54) is 30.3 Å². The zero-order chi connectivity index (χ0) is 15.6. The number of nitrogens with zero attached hydrogens (tertiary/aromatic N) is 4. The molecule has 1 atom stereocenters. The van der Waals surface area contributed by atoms with Crippen LogP contribution in [0.15, 0.2) is 30.7 Å². The van der Waals surface area contributed by atoms with E-state index in [0.29, 0.717) is 11.4 Å². The van der Waals surface area contributed by atoms with E-state index in [1.807, 2.05) is 0 Å². The molecule has 0 aliphatic carbocycles. The summed E-state index contributed by atoms with van der Waals surface area (Å²) in [7, 11) is 1.56. The second-order valence-corrected chi connectivity index (χ2v) is 4.73. The number of carbonyl (C=O) groups is 1. The first-order valence-corrected chi connectivity index (χ1v) is 6.42. The molecule has 0 bridgehead atoms. The molecule has 2 heterocycles. The standard InChI is InChI=1S/C14H16F2N4O/c1-9-4-5-12(20(9)14(15)16)13(21)19(3)10(2)11-6-7-17-8-18-11/h4-8,10,14H,1-3H3/t10-/m0/s1. The number of aryl methyl sites for hydroxylation is 1. The Morgan fingerprint density at radius 3 is 2.62 bits per heavy atom. The van der Waals surface area contributed by atoms with E-state index in [4.69, 9.17) is 0 Å². The molecule has 2 rings (SSSR count). The number of hydrogen-bond acceptors (Lipinski definition) is 3. The van der Waals surface area contributed by atoms with Crippen LogP contribution in [-0.2, 0) is 0 Å². The third-order valence-corrected chi connectivity index (χ3v) is 3.47. The van der Waals surface area contributed by atoms with E-state index >= 15 is 0 Å². The second-order valence-electron chi connectivity index (χ2n) is 4.73. The summed E-state index contributed by atoms with van der Waals surface area (Å²) in [5.41, 5.74) is 0.954. The van der Waals surface area contributed by atoms with Gasteiger partial charge in [0.05, 0.1) is 11.7 Å². The molecule has 7 heteroatoms. The molecule has 0 aliphatic heterocycles. The van der Waals surface area contributed by atoms with Crippen molar-refractivity contribution < 1.29 is 13.6 Å². The Balaban J connectivity index is 2.28. The highest BCUT2D eigenvalue weighted by atomic mass is 19.3. The number of rotatable bonds is 4. The minimum Gasteiger partial charge on any atom is -0.332 e. The molecular weight excluding hydrogens is 278 g/mol. The summed E-state index contributed by atoms with van der Waals surface area (Å²) in [5.74, 6) is -0.477. The monoisotopic (exact) mass is 294 g/mol. The molecule has 0 radical (unpaired) electrons. The molecule has 0 aromatic carbocycles. The zero-order valence-corrected chi connectivity index (χ0v) is 12.0. The highest BCUT2D eigenvalue weighted by molar-refractivity contribution is 5.93. The average Bonchev–Trinajstić information content (AvgIpc) is 2.87. The maximum absolute atomic E-state index is 13.0. The summed E-state index contributed by atoms with van der Waals surface area (Å²) in [6.07, 6.45) is 2.96. The molecule has 0 N–H and O–H groups in total. The van der Waals surface area contributed by atoms with Crippen molar-refractivity contribution in [2.45, 2.75) is 26.4 Å². The van der Waals surface area contributed by atoms with Gasteiger partial charge in [-0.25, -0.2) is 9.97 Å². The molecule has 2 aromatic heterocycles. The summed E-state index contributed by atoms with van der Waals surface area (Å²) in [6, 6.07) is 4.25. The SMILES string of the molecule is Cc1ccc(C(=O)N(C)[C@@H](C)c2ccncn2)n1C(F)F. The van der Waals surface area contributed by atoms with Crippen molar-refractivity contribution in [1.29, 1.82) is 0 Å². The predicted octanol–water partition coefficient (Wildman–Crippen LogP) is 2.81. The van der Waals surface area contributed by atoms with E-state index in [9.17, 15) is 13.6 Å². The van der Waals surface area contributed by atoms with Gasteiger partial charge >= 0.3 is 6.55 Å². The number of alkyl halides is 2. The molecule has 2 aromatic rings. The molecule has 0 aliphatic rings. The van der Waals surface area contributed by atoms with Crippen LogP contribution < -0.4 is 0 Å². The van der Waals surface area contributed by atoms with Crippen molar-refractivity contribution in [2.24, 2.45) is 0 Å². The van der Waals surface area contributed by atoms with Gasteiger partial charge < -0.3 is 4.90 Å². The minimum absolute atomic E-state index is 0.0362. The maximum Gasteiger partial charge on any atom is 0.319 e. The summed E-state index contributed by atoms with van der Waals surface area (Å²) in [6.45, 7) is 0.571. The highest BCUT2D eigenvalue weighted by Gasteiger charge is 2.25. The lowest BCUT2D eigenvalue weighted by atomic mass is 10.2. The molecule has 1 amide bonds. The largest absolute Gasteiger partial charge is 0.332 e. The molecule has 112 valence electrons. The second kappa shape index (κ2) is 5.99. The summed E-state index contributed by atoms with van der Waals surface area (Å²) in [4.78, 5) is 21.7. The highest BCUT2D eigenvalue weighted by Crippen LogP contribution is 2.23. The van der Waals surface area contributed by atoms with Crippen LogP contribution >= 0.6 is 0 Å². The normalized spacial score (nSPS) is 12.5. The molecule has 0 saturated heterocycles. The lowest BCUT2D eigenvalue weighted by Crippen LogP contribution is -2.32. The summed E-state index contributed by atoms with van der Waals surface area (Å²) in [5, 5.41) is 0. The zero-order valence-electron chi connectivity index (χ0n) is 12.0. The quantitative estimate of drug-likeness (QED) is 0.871. The summed E-state index contributed by atoms with van der Waals surface area (Å²) < 4.78 is 26.8. The van der Waals surface area contributed by atoms with Crippen LogP contribution in [0.4, 0.5) is 8.78 Å². The smallest absolute Gasteiger partial charge is 0.319 e. The average molecular weight is 294 g/mol. The predicted molar refractivity (Wildman–Crippen MR) is 73.0 cm³/mol. The van der Waals surface area contributed by atoms with Gasteiger partial charge in [-0.3, -0.25) is 9.36 Å². The van der Waals surface area contributed by atoms with Gasteiger partial charge in [-0.2, -0.15) is 8.78 Å². The van der Waals surface area contributed by atoms with Crippen LogP contribution in [0.3, 0.4) is 0 Å². The first-order chi connectivity index (χ1) is 9.93. The van der Waals surface area contributed by atoms with Crippen molar-refractivity contribution in [3.63, 3.8) is 0 Å². The molecule has 0 unspecified atom stereocenters. The number of amides is 1. The number of hydrogen-bond donors (Lipinski definition) is 0. The van der Waals surface area contributed by atoms with Gasteiger partial charge in [-0.1, -0.05) is 0 Å². The molecule has 0 spiro atoms. The maximum atomic E-state index is 13.0. The van der Waals surface area contributed by atoms with Gasteiger partial charge in [0.15, 0.2) is 0 Å². The lowest BCUT2D eigenvalue weighted by Gasteiger charge is -2.25. The lowest BCUT2D eigenvalue weighted by molar-refractivity contribution is 0.0544. The number of aromatic nitrogens is 3. The third-order valence-electron chi connectivity index (χ3n) is 3.47. The number of halogens is 2. The Hall–Kier alpha value is -2.31. The van der Waals surface area contributed by atoms with Crippen LogP contribution in [0.2, 0.25) is 0 Å². The molecular formula is C14H16F2N4O. The Bertz CT molecular complexity index is 627. The van der Waals surface area contributed by atoms with Gasteiger partial charge in [0.1, 0.15) is 12.0 Å². The van der Waals surface area contributed by atoms with E-state index in [2.05, 4.69) is 9.97 Å². The van der Waals surface area contributed by atoms with Gasteiger partial charge in [-0.15, -0.1) is 0 Å². The van der Waals surface area contributed by atoms with Crippen LogP contribution in [-0.4, -0.2) is 32.4 Å². The van der Waals surface area contributed by atoms with E-state index < -0.39 is 12.5 Å². The van der Waals surface area contributed by atoms with E-state index in [-0.39, 0.29) is 11.7 Å². The molecule has 0 saturated carbocycles. The van der Waals surface area contributed by atoms with Crippen LogP contribution in [0.1, 0.15) is 41.4 Å². The van der Waals surface area contributed by atoms with Gasteiger partial charge in [0.25, 0.3) is 5.91 Å². The Morgan fingerprint density at radius 1 is 1.33 bits per heavy atom. The van der Waals surface area contributed by atoms with Crippen molar-refractivity contribution in [3.05, 3.63) is 47.8 Å². The van der Waals surface area contributed by atoms with Crippen LogP contribution in [0, 0.1) is 6.92 Å². The van der Waals surface area contributed by atoms with Crippen molar-refractivity contribution in [2.75, 3.05) is 7.05 Å². The van der Waals surface area contributed by atoms with Crippen molar-refractivity contribution >= 4 is 5.91 Å². The van der Waals surface area contributed by atoms with Crippen molar-refractivity contribution in [1.82, 2.24) is 19.4 Å². The fourth-order valence-electron chi connectivity index (χ4n) is 2.09. The van der Waals surface area contributed by atoms with Gasteiger partial charge in [0, 0.05) is 18.9 Å². The summed E-state index contributed by atoms with van der Waals surface area (Å²) >= 11 is 0. The Kier molecular flexibility index (Phi) is 4.30. The van der Waals surface area contributed by atoms with Crippen LogP contribution in [0.25, 0.3) is 0 Å². The topological polar surface area (TPSA) is 51.0 Å². The third kappa shape index (κ3) is 2.91. The number of carbonyl (C=O) groups excluding carboxylic acids is 1. The van der Waals surface area contributed by atoms with Crippen molar-refractivity contribution in [3.8, 4) is 0 Å². The molecule has 21 heavy (non-hydrogen) atoms. The van der Waals surface area contributed by atoms with Gasteiger partial charge in [0.2, 0.25) is 0 Å². The van der Waals surface area contributed by atoms with Gasteiger partial charge in [-0.05, 0) is 32.0 Å². The Morgan fingerprint density at radius 2 is 2.05 bits per heavy atom. The van der Waals surface area contributed by atoms with E-state index in [1.54, 1.807) is 26.2 Å². The molecule has 5 nitrogen and oxygen atoms in total.